The summed E-state index contributed by atoms with van der Waals surface area (Å²) in [6.45, 7) is 0. The molecule has 0 fully saturated rings. The Labute approximate surface area is 113 Å². The maximum Gasteiger partial charge on any atom is 0.0663 e. The van der Waals surface area contributed by atoms with Gasteiger partial charge in [0.2, 0.25) is 0 Å². The van der Waals surface area contributed by atoms with Crippen LogP contribution in [0.4, 0.5) is 5.69 Å². The van der Waals surface area contributed by atoms with Crippen LogP contribution in [0.3, 0.4) is 0 Å². The fraction of sp³-hybridized carbons (Fsp3) is 0. The van der Waals surface area contributed by atoms with Crippen molar-refractivity contribution in [1.82, 2.24) is 10.2 Å². The van der Waals surface area contributed by atoms with Gasteiger partial charge in [-0.2, -0.15) is 5.10 Å². The number of hydrogen-bond donors (Lipinski definition) is 2. The Kier molecular flexibility index (Phi) is 2.89. The van der Waals surface area contributed by atoms with E-state index in [0.717, 1.165) is 31.4 Å². The smallest absolute Gasteiger partial charge is 0.0663 e. The summed E-state index contributed by atoms with van der Waals surface area (Å²) >= 11 is 7.47. The summed E-state index contributed by atoms with van der Waals surface area (Å²) in [6, 6.07) is 11.6. The van der Waals surface area contributed by atoms with Crippen LogP contribution in [0.1, 0.15) is 0 Å². The van der Waals surface area contributed by atoms with Crippen molar-refractivity contribution in [3.05, 3.63) is 47.6 Å². The highest BCUT2D eigenvalue weighted by Crippen LogP contribution is 2.34. The van der Waals surface area contributed by atoms with E-state index in [-0.39, 0.29) is 0 Å². The normalized spacial score (nSPS) is 10.9. The van der Waals surface area contributed by atoms with Gasteiger partial charge in [0, 0.05) is 25.9 Å². The lowest BCUT2D eigenvalue weighted by atomic mass is 10.2. The van der Waals surface area contributed by atoms with Crippen LogP contribution in [-0.2, 0) is 0 Å². The van der Waals surface area contributed by atoms with Crippen molar-refractivity contribution in [3.8, 4) is 0 Å². The van der Waals surface area contributed by atoms with Crippen LogP contribution in [0.5, 0.6) is 0 Å². The first-order chi connectivity index (χ1) is 8.72. The van der Waals surface area contributed by atoms with Gasteiger partial charge in [-0.25, -0.2) is 0 Å². The van der Waals surface area contributed by atoms with Gasteiger partial charge in [-0.1, -0.05) is 23.4 Å². The average molecular weight is 276 g/mol. The molecule has 0 unspecified atom stereocenters. The van der Waals surface area contributed by atoms with Gasteiger partial charge in [0.25, 0.3) is 0 Å². The summed E-state index contributed by atoms with van der Waals surface area (Å²) in [5.74, 6) is 0. The zero-order valence-electron chi connectivity index (χ0n) is 9.35. The molecular weight excluding hydrogens is 266 g/mol. The fourth-order valence-electron chi connectivity index (χ4n) is 1.71. The van der Waals surface area contributed by atoms with E-state index in [1.165, 1.54) is 0 Å². The van der Waals surface area contributed by atoms with Crippen molar-refractivity contribution in [1.29, 1.82) is 0 Å². The summed E-state index contributed by atoms with van der Waals surface area (Å²) in [4.78, 5) is 2.11. The second kappa shape index (κ2) is 4.55. The molecule has 1 aromatic heterocycles. The minimum atomic E-state index is 0.733. The van der Waals surface area contributed by atoms with E-state index in [1.807, 2.05) is 36.4 Å². The predicted octanol–water partition coefficient (Wildman–Crippen LogP) is 3.95. The van der Waals surface area contributed by atoms with E-state index in [4.69, 9.17) is 17.3 Å². The van der Waals surface area contributed by atoms with Gasteiger partial charge in [0.1, 0.15) is 0 Å². The largest absolute Gasteiger partial charge is 0.398 e. The third-order valence-electron chi connectivity index (χ3n) is 2.61. The number of hydrogen-bond acceptors (Lipinski definition) is 3. The lowest BCUT2D eigenvalue weighted by Gasteiger charge is -2.05. The highest BCUT2D eigenvalue weighted by Gasteiger charge is 2.05. The molecule has 0 amide bonds. The van der Waals surface area contributed by atoms with Crippen molar-refractivity contribution < 1.29 is 0 Å². The Morgan fingerprint density at radius 2 is 1.94 bits per heavy atom. The Balaban J connectivity index is 1.98. The second-order valence-corrected chi connectivity index (χ2v) is 5.46. The van der Waals surface area contributed by atoms with Crippen molar-refractivity contribution in [2.45, 2.75) is 9.79 Å². The van der Waals surface area contributed by atoms with Crippen molar-refractivity contribution in [2.24, 2.45) is 0 Å². The van der Waals surface area contributed by atoms with Crippen LogP contribution < -0.4 is 5.73 Å². The van der Waals surface area contributed by atoms with Gasteiger partial charge >= 0.3 is 0 Å². The lowest BCUT2D eigenvalue weighted by Crippen LogP contribution is -1.88. The molecule has 18 heavy (non-hydrogen) atoms. The third kappa shape index (κ3) is 2.17. The molecule has 90 valence electrons. The number of aromatic nitrogens is 2. The molecule has 3 N–H and O–H groups in total. The zero-order valence-corrected chi connectivity index (χ0v) is 10.9. The van der Waals surface area contributed by atoms with Gasteiger partial charge in [-0.05, 0) is 36.4 Å². The van der Waals surface area contributed by atoms with Crippen molar-refractivity contribution >= 4 is 40.0 Å². The van der Waals surface area contributed by atoms with Crippen LogP contribution >= 0.6 is 23.4 Å². The first kappa shape index (κ1) is 11.4. The minimum Gasteiger partial charge on any atom is -0.398 e. The molecule has 0 bridgehead atoms. The number of nitrogens with two attached hydrogens (primary N) is 1. The molecule has 0 radical (unpaired) electrons. The molecule has 5 heteroatoms. The number of nitrogen functional groups attached to an aromatic ring is 1. The standard InChI is InChI=1S/C13H10ClN3S/c14-9-1-3-10(4-2-9)18-13-6-12-8(5-11(13)15)7-16-17-12/h1-7H,15H2,(H,16,17). The molecule has 0 aliphatic heterocycles. The fourth-order valence-corrected chi connectivity index (χ4v) is 2.71. The SMILES string of the molecule is Nc1cc2cn[nH]c2cc1Sc1ccc(Cl)cc1. The van der Waals surface area contributed by atoms with E-state index < -0.39 is 0 Å². The van der Waals surface area contributed by atoms with Crippen LogP contribution in [0.15, 0.2) is 52.4 Å². The first-order valence-electron chi connectivity index (χ1n) is 5.38. The molecule has 1 heterocycles. The Bertz CT molecular complexity index is 691. The van der Waals surface area contributed by atoms with Crippen molar-refractivity contribution in [2.75, 3.05) is 5.73 Å². The van der Waals surface area contributed by atoms with Crippen molar-refractivity contribution in [3.63, 3.8) is 0 Å². The van der Waals surface area contributed by atoms with E-state index in [0.29, 0.717) is 0 Å². The van der Waals surface area contributed by atoms with Crippen LogP contribution in [0, 0.1) is 0 Å². The van der Waals surface area contributed by atoms with Gasteiger partial charge in [0.05, 0.1) is 11.7 Å². The second-order valence-electron chi connectivity index (χ2n) is 3.90. The zero-order chi connectivity index (χ0) is 12.5. The summed E-state index contributed by atoms with van der Waals surface area (Å²) in [5, 5.41) is 8.69. The monoisotopic (exact) mass is 275 g/mol. The molecule has 3 rings (SSSR count). The molecule has 3 nitrogen and oxygen atoms in total. The van der Waals surface area contributed by atoms with Gasteiger partial charge in [-0.15, -0.1) is 0 Å². The van der Waals surface area contributed by atoms with Gasteiger partial charge < -0.3 is 5.73 Å². The van der Waals surface area contributed by atoms with Crippen LogP contribution in [0.2, 0.25) is 5.02 Å². The number of halogens is 1. The molecule has 0 atom stereocenters. The number of aromatic amines is 1. The molecule has 0 spiro atoms. The summed E-state index contributed by atoms with van der Waals surface area (Å²) in [6.07, 6.45) is 1.77. The number of H-pyrrole nitrogens is 1. The Morgan fingerprint density at radius 3 is 2.72 bits per heavy atom. The topological polar surface area (TPSA) is 54.7 Å². The number of nitrogens with one attached hydrogen (secondary N) is 1. The van der Waals surface area contributed by atoms with E-state index in [2.05, 4.69) is 10.2 Å². The number of nitrogens with zero attached hydrogens (tertiary/aromatic N) is 1. The number of fused-ring (bicyclic) bond motifs is 1. The molecule has 0 saturated carbocycles. The molecule has 2 aromatic carbocycles. The molecule has 3 aromatic rings. The number of anilines is 1. The highest BCUT2D eigenvalue weighted by molar-refractivity contribution is 7.99. The van der Waals surface area contributed by atoms with Crippen LogP contribution in [0.25, 0.3) is 10.9 Å². The minimum absolute atomic E-state index is 0.733. The maximum absolute atomic E-state index is 6.04. The van der Waals surface area contributed by atoms with Gasteiger partial charge in [0.15, 0.2) is 0 Å². The Hall–Kier alpha value is -1.65. The Morgan fingerprint density at radius 1 is 1.17 bits per heavy atom. The van der Waals surface area contributed by atoms with Crippen LogP contribution in [-0.4, -0.2) is 10.2 Å². The van der Waals surface area contributed by atoms with Gasteiger partial charge in [-0.3, -0.25) is 5.10 Å². The average Bonchev–Trinajstić information content (AvgIpc) is 2.79. The number of rotatable bonds is 2. The summed E-state index contributed by atoms with van der Waals surface area (Å²) < 4.78 is 0. The maximum atomic E-state index is 6.04. The number of benzene rings is 2. The molecule has 0 aliphatic rings. The summed E-state index contributed by atoms with van der Waals surface area (Å²) in [7, 11) is 0. The van der Waals surface area contributed by atoms with E-state index >= 15 is 0 Å². The molecular formula is C13H10ClN3S. The predicted molar refractivity (Wildman–Crippen MR) is 76.1 cm³/mol. The quantitative estimate of drug-likeness (QED) is 0.696. The first-order valence-corrected chi connectivity index (χ1v) is 6.58. The molecule has 0 saturated heterocycles. The lowest BCUT2D eigenvalue weighted by molar-refractivity contribution is 1.12. The third-order valence-corrected chi connectivity index (χ3v) is 3.95. The summed E-state index contributed by atoms with van der Waals surface area (Å²) in [5.41, 5.74) is 7.78. The van der Waals surface area contributed by atoms with E-state index in [9.17, 15) is 0 Å². The molecule has 0 aliphatic carbocycles. The van der Waals surface area contributed by atoms with E-state index in [1.54, 1.807) is 18.0 Å². The highest BCUT2D eigenvalue weighted by atomic mass is 35.5.